The minimum Gasteiger partial charge on any atom is -0.504 e. The average Bonchev–Trinajstić information content (AvgIpc) is 3.11. The number of benzene rings is 2. The van der Waals surface area contributed by atoms with Gasteiger partial charge in [0.1, 0.15) is 0 Å². The summed E-state index contributed by atoms with van der Waals surface area (Å²) in [4.78, 5) is 58.2. The van der Waals surface area contributed by atoms with Gasteiger partial charge < -0.3 is 43.7 Å². The van der Waals surface area contributed by atoms with Crippen molar-refractivity contribution in [1.29, 1.82) is 0 Å². The molecule has 1 unspecified atom stereocenters. The molecule has 5 rings (SSSR count). The lowest BCUT2D eigenvalue weighted by Gasteiger charge is -2.21. The maximum atomic E-state index is 12.6. The van der Waals surface area contributed by atoms with Crippen molar-refractivity contribution in [2.75, 3.05) is 6.61 Å². The Morgan fingerprint density at radius 2 is 1.24 bits per heavy atom. The fourth-order valence-corrected chi connectivity index (χ4v) is 4.54. The third-order valence-corrected chi connectivity index (χ3v) is 6.21. The fraction of sp³-hybridized carbons (Fsp3) is 0.219. The van der Waals surface area contributed by atoms with E-state index < -0.39 is 52.0 Å². The van der Waals surface area contributed by atoms with Gasteiger partial charge in [-0.15, -0.1) is 0 Å². The highest BCUT2D eigenvalue weighted by Gasteiger charge is 2.40. The van der Waals surface area contributed by atoms with Crippen LogP contribution >= 0.6 is 0 Å². The molecule has 0 saturated carbocycles. The number of hydrogen-bond donors (Lipinski definition) is 3. The van der Waals surface area contributed by atoms with Crippen LogP contribution in [0.5, 0.6) is 46.0 Å². The number of aromatic hydroxyl groups is 3. The molecule has 0 saturated heterocycles. The Balaban J connectivity index is 0.000000210. The second-order valence-electron chi connectivity index (χ2n) is 9.77. The minimum absolute atomic E-state index is 0.00975. The molecule has 4 aromatic carbocycles. The zero-order valence-electron chi connectivity index (χ0n) is 25.2. The zero-order chi connectivity index (χ0) is 33.9. The lowest BCUT2D eigenvalue weighted by molar-refractivity contribution is -0.266. The Morgan fingerprint density at radius 1 is 0.739 bits per heavy atom. The van der Waals surface area contributed by atoms with Gasteiger partial charge in [-0.05, 0) is 42.0 Å². The van der Waals surface area contributed by atoms with Crippen LogP contribution in [0.25, 0.3) is 21.5 Å². The molecule has 0 amide bonds. The minimum atomic E-state index is -1.38. The molecular weight excluding hydrogens is 608 g/mol. The molecule has 4 aromatic rings. The Bertz CT molecular complexity index is 2020. The average molecular weight is 637 g/mol. The number of fused-ring (bicyclic) bond motifs is 3. The van der Waals surface area contributed by atoms with E-state index in [0.717, 1.165) is 19.9 Å². The van der Waals surface area contributed by atoms with Gasteiger partial charge in [0, 0.05) is 27.7 Å². The van der Waals surface area contributed by atoms with Gasteiger partial charge >= 0.3 is 23.9 Å². The molecule has 1 heterocycles. The quantitative estimate of drug-likeness (QED) is 0.211. The fourth-order valence-electron chi connectivity index (χ4n) is 4.54. The second-order valence-corrected chi connectivity index (χ2v) is 9.77. The molecule has 1 atom stereocenters. The van der Waals surface area contributed by atoms with Crippen molar-refractivity contribution in [3.8, 4) is 46.0 Å². The van der Waals surface area contributed by atoms with Crippen LogP contribution < -0.4 is 34.5 Å². The standard InChI is InChI=1S/C17H16O7.C15H12O7/c1-4-21-17(3)23-12-8-10-6-5-7-11(22-9(2)18)14(19)13(10)15(20)16(12)24-17;1-7(16)21-11-5-3-4-9-6-10(18)15(22-8(2)17)14(20)12(9)13(11)19/h5-8,20H,4H2,1-3H3;3-6,18,20H,1-2H3. The molecule has 46 heavy (non-hydrogen) atoms. The first-order valence-corrected chi connectivity index (χ1v) is 13.6. The van der Waals surface area contributed by atoms with Crippen molar-refractivity contribution in [3.63, 3.8) is 0 Å². The van der Waals surface area contributed by atoms with Crippen molar-refractivity contribution >= 4 is 39.5 Å². The van der Waals surface area contributed by atoms with Crippen molar-refractivity contribution in [3.05, 3.63) is 69.0 Å². The molecule has 1 aliphatic rings. The summed E-state index contributed by atoms with van der Waals surface area (Å²) >= 11 is 0. The van der Waals surface area contributed by atoms with E-state index >= 15 is 0 Å². The van der Waals surface area contributed by atoms with Crippen LogP contribution in [0, 0.1) is 0 Å². The van der Waals surface area contributed by atoms with Gasteiger partial charge in [-0.2, -0.15) is 0 Å². The van der Waals surface area contributed by atoms with E-state index in [2.05, 4.69) is 0 Å². The monoisotopic (exact) mass is 636 g/mol. The summed E-state index contributed by atoms with van der Waals surface area (Å²) in [6.45, 7) is 7.07. The number of carbonyl (C=O) groups is 3. The Labute approximate surface area is 259 Å². The first-order valence-electron chi connectivity index (χ1n) is 13.6. The van der Waals surface area contributed by atoms with Crippen LogP contribution in [0.15, 0.2) is 58.1 Å². The molecule has 14 nitrogen and oxygen atoms in total. The number of esters is 3. The molecule has 0 fully saturated rings. The second kappa shape index (κ2) is 13.0. The molecule has 3 N–H and O–H groups in total. The van der Waals surface area contributed by atoms with Gasteiger partial charge in [-0.1, -0.05) is 24.3 Å². The predicted octanol–water partition coefficient (Wildman–Crippen LogP) is 3.77. The molecule has 0 aliphatic carbocycles. The normalized spacial score (nSPS) is 14.6. The number of hydrogen-bond acceptors (Lipinski definition) is 14. The highest BCUT2D eigenvalue weighted by molar-refractivity contribution is 5.94. The predicted molar refractivity (Wildman–Crippen MR) is 161 cm³/mol. The van der Waals surface area contributed by atoms with Crippen molar-refractivity contribution in [2.45, 2.75) is 40.6 Å². The number of ether oxygens (including phenoxy) is 6. The summed E-state index contributed by atoms with van der Waals surface area (Å²) in [5, 5.41) is 30.8. The maximum Gasteiger partial charge on any atom is 0.369 e. The number of phenolic OH excluding ortho intramolecular Hbond substituents is 3. The van der Waals surface area contributed by atoms with Crippen LogP contribution in [0.1, 0.15) is 34.6 Å². The van der Waals surface area contributed by atoms with E-state index in [9.17, 15) is 39.3 Å². The first-order chi connectivity index (χ1) is 21.7. The van der Waals surface area contributed by atoms with Crippen molar-refractivity contribution < 1.29 is 58.1 Å². The van der Waals surface area contributed by atoms with Gasteiger partial charge in [-0.25, -0.2) is 0 Å². The molecule has 0 aromatic heterocycles. The Hall–Kier alpha value is -5.89. The summed E-state index contributed by atoms with van der Waals surface area (Å²) in [6, 6.07) is 11.3. The lowest BCUT2D eigenvalue weighted by Crippen LogP contribution is -2.37. The Morgan fingerprint density at radius 3 is 1.74 bits per heavy atom. The zero-order valence-corrected chi connectivity index (χ0v) is 25.2. The maximum absolute atomic E-state index is 12.6. The summed E-state index contributed by atoms with van der Waals surface area (Å²) in [7, 11) is 0. The molecular formula is C32H28O14. The van der Waals surface area contributed by atoms with Gasteiger partial charge in [0.15, 0.2) is 34.5 Å². The lowest BCUT2D eigenvalue weighted by atomic mass is 10.1. The van der Waals surface area contributed by atoms with Crippen molar-refractivity contribution in [2.24, 2.45) is 0 Å². The van der Waals surface area contributed by atoms with E-state index in [0.29, 0.717) is 12.0 Å². The number of carbonyl (C=O) groups excluding carboxylic acids is 3. The van der Waals surface area contributed by atoms with Gasteiger partial charge in [0.2, 0.25) is 22.4 Å². The van der Waals surface area contributed by atoms with Crippen molar-refractivity contribution in [1.82, 2.24) is 0 Å². The molecule has 0 spiro atoms. The number of rotatable bonds is 5. The summed E-state index contributed by atoms with van der Waals surface area (Å²) in [5.41, 5.74) is -1.40. The van der Waals surface area contributed by atoms with Crippen LogP contribution in [0.3, 0.4) is 0 Å². The topological polar surface area (TPSA) is 201 Å². The van der Waals surface area contributed by atoms with E-state index in [4.69, 9.17) is 28.4 Å². The SMILES string of the molecule is CC(=O)Oc1c(O)cc2cccc(OC(C)=O)c(=O)c2c1O.CCOC1(C)Oc2cc3cccc(OC(C)=O)c(=O)c3c(O)c2O1. The molecule has 0 bridgehead atoms. The summed E-state index contributed by atoms with van der Waals surface area (Å²) in [5.74, 6) is -5.82. The molecule has 0 radical (unpaired) electrons. The summed E-state index contributed by atoms with van der Waals surface area (Å²) < 4.78 is 30.9. The van der Waals surface area contributed by atoms with Crippen LogP contribution in [0.4, 0.5) is 0 Å². The van der Waals surface area contributed by atoms with Crippen LogP contribution in [0.2, 0.25) is 0 Å². The van der Waals surface area contributed by atoms with Crippen LogP contribution in [-0.4, -0.2) is 45.8 Å². The Kier molecular flexibility index (Phi) is 9.33. The third kappa shape index (κ3) is 6.76. The van der Waals surface area contributed by atoms with Crippen LogP contribution in [-0.2, 0) is 19.1 Å². The van der Waals surface area contributed by atoms with E-state index in [-0.39, 0.29) is 44.9 Å². The first kappa shape index (κ1) is 33.0. The van der Waals surface area contributed by atoms with E-state index in [1.807, 2.05) is 0 Å². The smallest absolute Gasteiger partial charge is 0.369 e. The van der Waals surface area contributed by atoms with E-state index in [1.165, 1.54) is 31.2 Å². The highest BCUT2D eigenvalue weighted by Crippen LogP contribution is 2.49. The molecule has 1 aliphatic heterocycles. The van der Waals surface area contributed by atoms with E-state index in [1.54, 1.807) is 32.0 Å². The largest absolute Gasteiger partial charge is 0.504 e. The molecule has 14 heteroatoms. The highest BCUT2D eigenvalue weighted by atomic mass is 16.9. The van der Waals surface area contributed by atoms with Gasteiger partial charge in [-0.3, -0.25) is 24.0 Å². The summed E-state index contributed by atoms with van der Waals surface area (Å²) in [6.07, 6.45) is 0. The van der Waals surface area contributed by atoms with Gasteiger partial charge in [0.25, 0.3) is 0 Å². The number of phenols is 3. The molecule has 240 valence electrons. The third-order valence-electron chi connectivity index (χ3n) is 6.21. The van der Waals surface area contributed by atoms with Gasteiger partial charge in [0.05, 0.1) is 17.4 Å².